The molecule has 1 spiro atoms. The van der Waals surface area contributed by atoms with Crippen LogP contribution in [0, 0.1) is 0 Å². The minimum Gasteiger partial charge on any atom is -0.365 e. The van der Waals surface area contributed by atoms with Crippen LogP contribution in [-0.2, 0) is 5.54 Å². The summed E-state index contributed by atoms with van der Waals surface area (Å²) < 4.78 is 2.08. The van der Waals surface area contributed by atoms with Crippen LogP contribution in [0.25, 0.3) is 0 Å². The Labute approximate surface area is 124 Å². The van der Waals surface area contributed by atoms with Gasteiger partial charge in [-0.3, -0.25) is 4.79 Å². The van der Waals surface area contributed by atoms with Crippen molar-refractivity contribution in [1.29, 1.82) is 0 Å². The fraction of sp³-hybridized carbons (Fsp3) is 0.625. The molecule has 0 unspecified atom stereocenters. The van der Waals surface area contributed by atoms with Gasteiger partial charge in [0, 0.05) is 5.70 Å². The molecule has 5 nitrogen and oxygen atoms in total. The van der Waals surface area contributed by atoms with Crippen LogP contribution in [0.4, 0.5) is 5.82 Å². The first kappa shape index (κ1) is 12.9. The van der Waals surface area contributed by atoms with Crippen LogP contribution in [0.15, 0.2) is 17.5 Å². The van der Waals surface area contributed by atoms with Crippen LogP contribution in [0.2, 0.25) is 0 Å². The lowest BCUT2D eigenvalue weighted by Gasteiger charge is -2.46. The van der Waals surface area contributed by atoms with Gasteiger partial charge in [-0.1, -0.05) is 19.3 Å². The number of amides is 1. The first-order valence-corrected chi connectivity index (χ1v) is 8.10. The number of carbonyl (C=O) groups excluding carboxylic acids is 1. The van der Waals surface area contributed by atoms with E-state index in [0.29, 0.717) is 5.56 Å². The van der Waals surface area contributed by atoms with E-state index in [4.69, 9.17) is 5.73 Å². The molecule has 0 atom stereocenters. The maximum Gasteiger partial charge on any atom is 0.254 e. The Morgan fingerprint density at radius 3 is 2.71 bits per heavy atom. The molecule has 0 aromatic carbocycles. The van der Waals surface area contributed by atoms with E-state index in [1.54, 1.807) is 11.8 Å². The van der Waals surface area contributed by atoms with E-state index in [1.807, 2.05) is 0 Å². The Balaban J connectivity index is 1.90. The molecule has 4 rings (SSSR count). The predicted molar refractivity (Wildman–Crippen MR) is 80.9 cm³/mol. The summed E-state index contributed by atoms with van der Waals surface area (Å²) in [4.78, 5) is 11.7. The Bertz CT molecular complexity index is 622. The van der Waals surface area contributed by atoms with E-state index >= 15 is 0 Å². The highest BCUT2D eigenvalue weighted by molar-refractivity contribution is 5.98. The number of nitrogens with two attached hydrogens (primary N) is 1. The molecule has 112 valence electrons. The van der Waals surface area contributed by atoms with E-state index in [0.717, 1.165) is 31.5 Å². The van der Waals surface area contributed by atoms with Gasteiger partial charge in [-0.05, 0) is 44.1 Å². The van der Waals surface area contributed by atoms with Gasteiger partial charge in [0.1, 0.15) is 11.4 Å². The third-order valence-corrected chi connectivity index (χ3v) is 5.42. The number of anilines is 1. The monoisotopic (exact) mass is 286 g/mol. The molecule has 0 saturated heterocycles. The molecule has 2 aliphatic carbocycles. The maximum absolute atomic E-state index is 11.7. The largest absolute Gasteiger partial charge is 0.365 e. The first-order valence-electron chi connectivity index (χ1n) is 8.10. The molecule has 0 bridgehead atoms. The summed E-state index contributed by atoms with van der Waals surface area (Å²) in [6.07, 6.45) is 12.4. The minimum absolute atomic E-state index is 0.00227. The van der Waals surface area contributed by atoms with Crippen molar-refractivity contribution in [2.45, 2.75) is 63.3 Å². The molecule has 2 heterocycles. The molecule has 1 aromatic heterocycles. The smallest absolute Gasteiger partial charge is 0.254 e. The highest BCUT2D eigenvalue weighted by Gasteiger charge is 2.45. The highest BCUT2D eigenvalue weighted by Crippen LogP contribution is 2.50. The zero-order valence-electron chi connectivity index (χ0n) is 12.3. The maximum atomic E-state index is 11.7. The van der Waals surface area contributed by atoms with Crippen molar-refractivity contribution in [2.24, 2.45) is 5.73 Å². The lowest BCUT2D eigenvalue weighted by molar-refractivity contribution is 0.100. The molecule has 1 saturated carbocycles. The van der Waals surface area contributed by atoms with Crippen LogP contribution in [0.1, 0.15) is 68.1 Å². The number of carbonyl (C=O) groups is 1. The van der Waals surface area contributed by atoms with Crippen molar-refractivity contribution in [3.05, 3.63) is 23.0 Å². The summed E-state index contributed by atoms with van der Waals surface area (Å²) >= 11 is 0. The van der Waals surface area contributed by atoms with E-state index in [-0.39, 0.29) is 5.54 Å². The van der Waals surface area contributed by atoms with Gasteiger partial charge < -0.3 is 11.1 Å². The number of primary amides is 1. The van der Waals surface area contributed by atoms with E-state index in [9.17, 15) is 4.79 Å². The third-order valence-electron chi connectivity index (χ3n) is 5.42. The van der Waals surface area contributed by atoms with Gasteiger partial charge in [0.15, 0.2) is 0 Å². The molecule has 1 fully saturated rings. The van der Waals surface area contributed by atoms with Gasteiger partial charge in [-0.15, -0.1) is 0 Å². The summed E-state index contributed by atoms with van der Waals surface area (Å²) in [5.74, 6) is 0.430. The van der Waals surface area contributed by atoms with E-state index in [1.165, 1.54) is 37.8 Å². The van der Waals surface area contributed by atoms with Crippen LogP contribution >= 0.6 is 0 Å². The lowest BCUT2D eigenvalue weighted by atomic mass is 9.71. The number of rotatable bonds is 1. The number of nitrogens with one attached hydrogen (secondary N) is 1. The molecular weight excluding hydrogens is 264 g/mol. The summed E-state index contributed by atoms with van der Waals surface area (Å²) in [7, 11) is 0. The quantitative estimate of drug-likeness (QED) is 0.833. The molecule has 1 amide bonds. The summed E-state index contributed by atoms with van der Waals surface area (Å²) in [5, 5.41) is 8.04. The molecule has 5 heteroatoms. The summed E-state index contributed by atoms with van der Waals surface area (Å²) in [6, 6.07) is 0. The van der Waals surface area contributed by atoms with Gasteiger partial charge >= 0.3 is 0 Å². The summed E-state index contributed by atoms with van der Waals surface area (Å²) in [6.45, 7) is 0. The SMILES string of the molecule is NC(=O)c1cnn2c1NC1=C(CCCC1)C21CCCCC1. The third kappa shape index (κ3) is 1.76. The number of nitrogens with zero attached hydrogens (tertiary/aromatic N) is 2. The molecule has 3 N–H and O–H groups in total. The first-order chi connectivity index (χ1) is 10.2. The number of hydrogen-bond donors (Lipinski definition) is 2. The van der Waals surface area contributed by atoms with Gasteiger partial charge in [0.05, 0.1) is 11.7 Å². The summed E-state index contributed by atoms with van der Waals surface area (Å²) in [5.41, 5.74) is 8.92. The number of fused-ring (bicyclic) bond motifs is 3. The molecule has 3 aliphatic rings. The van der Waals surface area contributed by atoms with Gasteiger partial charge in [0.2, 0.25) is 0 Å². The normalized spacial score (nSPS) is 23.4. The second kappa shape index (κ2) is 4.61. The van der Waals surface area contributed by atoms with Gasteiger partial charge in [0.25, 0.3) is 5.91 Å². The Morgan fingerprint density at radius 2 is 1.95 bits per heavy atom. The second-order valence-corrected chi connectivity index (χ2v) is 6.56. The predicted octanol–water partition coefficient (Wildman–Crippen LogP) is 2.90. The zero-order valence-corrected chi connectivity index (χ0v) is 12.3. The van der Waals surface area contributed by atoms with Crippen LogP contribution in [0.5, 0.6) is 0 Å². The molecule has 1 aliphatic heterocycles. The van der Waals surface area contributed by atoms with Crippen molar-refractivity contribution < 1.29 is 4.79 Å². The topological polar surface area (TPSA) is 72.9 Å². The van der Waals surface area contributed by atoms with Crippen molar-refractivity contribution in [2.75, 3.05) is 5.32 Å². The minimum atomic E-state index is -0.394. The Kier molecular flexibility index (Phi) is 2.84. The molecule has 0 radical (unpaired) electrons. The van der Waals surface area contributed by atoms with Crippen LogP contribution in [-0.4, -0.2) is 15.7 Å². The molecule has 21 heavy (non-hydrogen) atoms. The Hall–Kier alpha value is -1.78. The van der Waals surface area contributed by atoms with Crippen LogP contribution in [0.3, 0.4) is 0 Å². The standard InChI is InChI=1S/C16H22N4O/c17-14(21)11-10-18-20-15(11)19-13-7-3-2-6-12(13)16(20)8-4-1-5-9-16/h10,19H,1-9H2,(H2,17,21). The Morgan fingerprint density at radius 1 is 1.19 bits per heavy atom. The van der Waals surface area contributed by atoms with Gasteiger partial charge in [-0.2, -0.15) is 5.10 Å². The highest BCUT2D eigenvalue weighted by atomic mass is 16.1. The van der Waals surface area contributed by atoms with E-state index < -0.39 is 5.91 Å². The zero-order chi connectivity index (χ0) is 14.4. The average Bonchev–Trinajstić information content (AvgIpc) is 2.93. The number of hydrogen-bond acceptors (Lipinski definition) is 3. The van der Waals surface area contributed by atoms with Crippen molar-refractivity contribution in [3.63, 3.8) is 0 Å². The van der Waals surface area contributed by atoms with Crippen molar-refractivity contribution in [1.82, 2.24) is 9.78 Å². The van der Waals surface area contributed by atoms with E-state index in [2.05, 4.69) is 15.1 Å². The second-order valence-electron chi connectivity index (χ2n) is 6.56. The average molecular weight is 286 g/mol. The number of allylic oxidation sites excluding steroid dienone is 2. The fourth-order valence-electron chi connectivity index (χ4n) is 4.45. The van der Waals surface area contributed by atoms with Crippen molar-refractivity contribution >= 4 is 11.7 Å². The lowest BCUT2D eigenvalue weighted by Crippen LogP contribution is -2.44. The number of aromatic nitrogens is 2. The van der Waals surface area contributed by atoms with Crippen molar-refractivity contribution in [3.8, 4) is 0 Å². The van der Waals surface area contributed by atoms with Gasteiger partial charge in [-0.25, -0.2) is 4.68 Å². The fourth-order valence-corrected chi connectivity index (χ4v) is 4.45. The molecule has 1 aromatic rings. The van der Waals surface area contributed by atoms with Crippen LogP contribution < -0.4 is 11.1 Å². The molecular formula is C16H22N4O.